The van der Waals surface area contributed by atoms with Gasteiger partial charge >= 0.3 is 0 Å². The zero-order valence-electron chi connectivity index (χ0n) is 8.47. The Balaban J connectivity index is 2.76. The number of hydrogen-bond donors (Lipinski definition) is 1. The first-order chi connectivity index (χ1) is 6.43. The van der Waals surface area contributed by atoms with Gasteiger partial charge < -0.3 is 10.3 Å². The molecule has 0 fully saturated rings. The smallest absolute Gasteiger partial charge is 0.151 e. The maximum Gasteiger partial charge on any atom is 0.151 e. The first kappa shape index (κ1) is 11.3. The van der Waals surface area contributed by atoms with Gasteiger partial charge in [0.1, 0.15) is 0 Å². The van der Waals surface area contributed by atoms with Gasteiger partial charge in [0.15, 0.2) is 9.84 Å². The van der Waals surface area contributed by atoms with Gasteiger partial charge in [-0.25, -0.2) is 8.42 Å². The molecular formula is C9H16N2O2S. The summed E-state index contributed by atoms with van der Waals surface area (Å²) in [5.41, 5.74) is 6.44. The fourth-order valence-corrected chi connectivity index (χ4v) is 2.20. The normalized spacial score (nSPS) is 14.2. The van der Waals surface area contributed by atoms with E-state index in [-0.39, 0.29) is 6.54 Å². The summed E-state index contributed by atoms with van der Waals surface area (Å²) in [7, 11) is -1.13. The highest BCUT2D eigenvalue weighted by atomic mass is 32.2. The van der Waals surface area contributed by atoms with Crippen molar-refractivity contribution in [2.45, 2.75) is 11.7 Å². The van der Waals surface area contributed by atoms with Gasteiger partial charge in [-0.05, 0) is 18.1 Å². The van der Waals surface area contributed by atoms with Crippen LogP contribution in [0.25, 0.3) is 0 Å². The van der Waals surface area contributed by atoms with E-state index in [0.717, 1.165) is 5.56 Å². The lowest BCUT2D eigenvalue weighted by molar-refractivity contribution is 0.584. The second kappa shape index (κ2) is 4.14. The van der Waals surface area contributed by atoms with Gasteiger partial charge in [0, 0.05) is 32.2 Å². The molecule has 14 heavy (non-hydrogen) atoms. The average Bonchev–Trinajstić information content (AvgIpc) is 2.45. The van der Waals surface area contributed by atoms with Crippen LogP contribution in [0.3, 0.4) is 0 Å². The van der Waals surface area contributed by atoms with Gasteiger partial charge in [0.2, 0.25) is 0 Å². The molecular weight excluding hydrogens is 200 g/mol. The maximum atomic E-state index is 11.3. The summed E-state index contributed by atoms with van der Waals surface area (Å²) in [4.78, 5) is 0. The predicted molar refractivity (Wildman–Crippen MR) is 56.8 cm³/mol. The molecule has 1 unspecified atom stereocenters. The molecule has 1 rings (SSSR count). The lowest BCUT2D eigenvalue weighted by atomic mass is 10.2. The van der Waals surface area contributed by atoms with Crippen LogP contribution in [0.5, 0.6) is 0 Å². The van der Waals surface area contributed by atoms with E-state index in [0.29, 0.717) is 6.42 Å². The lowest BCUT2D eigenvalue weighted by Gasteiger charge is -2.10. The number of nitrogens with two attached hydrogens (primary N) is 1. The van der Waals surface area contributed by atoms with Gasteiger partial charge in [0.25, 0.3) is 0 Å². The molecule has 0 aromatic carbocycles. The number of aryl methyl sites for hydroxylation is 1. The summed E-state index contributed by atoms with van der Waals surface area (Å²) >= 11 is 0. The molecule has 1 aromatic rings. The third-order valence-electron chi connectivity index (χ3n) is 2.22. The van der Waals surface area contributed by atoms with Crippen LogP contribution >= 0.6 is 0 Å². The van der Waals surface area contributed by atoms with E-state index in [1.165, 1.54) is 6.26 Å². The molecule has 0 aliphatic heterocycles. The number of aromatic nitrogens is 1. The van der Waals surface area contributed by atoms with Gasteiger partial charge in [0.05, 0.1) is 5.25 Å². The first-order valence-corrected chi connectivity index (χ1v) is 6.38. The van der Waals surface area contributed by atoms with Crippen LogP contribution in [0.15, 0.2) is 18.5 Å². The Morgan fingerprint density at radius 2 is 2.21 bits per heavy atom. The minimum atomic E-state index is -3.04. The van der Waals surface area contributed by atoms with Crippen LogP contribution in [-0.4, -0.2) is 31.0 Å². The third-order valence-corrected chi connectivity index (χ3v) is 3.80. The van der Waals surface area contributed by atoms with Gasteiger partial charge in [-0.1, -0.05) is 0 Å². The van der Waals surface area contributed by atoms with Crippen molar-refractivity contribution >= 4 is 9.84 Å². The Bertz CT molecular complexity index is 395. The lowest BCUT2D eigenvalue weighted by Crippen LogP contribution is -2.30. The molecule has 80 valence electrons. The van der Waals surface area contributed by atoms with Crippen LogP contribution in [-0.2, 0) is 23.3 Å². The van der Waals surface area contributed by atoms with Crippen LogP contribution < -0.4 is 5.73 Å². The second-order valence-corrected chi connectivity index (χ2v) is 5.90. The SMILES string of the molecule is Cn1ccc(CC(CN)S(C)(=O)=O)c1. The Morgan fingerprint density at radius 3 is 2.57 bits per heavy atom. The van der Waals surface area contributed by atoms with E-state index in [2.05, 4.69) is 0 Å². The highest BCUT2D eigenvalue weighted by Gasteiger charge is 2.19. The highest BCUT2D eigenvalue weighted by Crippen LogP contribution is 2.08. The van der Waals surface area contributed by atoms with Gasteiger partial charge in [-0.15, -0.1) is 0 Å². The average molecular weight is 216 g/mol. The van der Waals surface area contributed by atoms with E-state index in [4.69, 9.17) is 5.73 Å². The van der Waals surface area contributed by atoms with E-state index in [1.807, 2.05) is 30.1 Å². The highest BCUT2D eigenvalue weighted by molar-refractivity contribution is 7.91. The first-order valence-electron chi connectivity index (χ1n) is 4.43. The van der Waals surface area contributed by atoms with E-state index >= 15 is 0 Å². The molecule has 0 aliphatic carbocycles. The quantitative estimate of drug-likeness (QED) is 0.767. The van der Waals surface area contributed by atoms with Crippen molar-refractivity contribution in [2.24, 2.45) is 12.8 Å². The fraction of sp³-hybridized carbons (Fsp3) is 0.556. The molecule has 0 radical (unpaired) electrons. The molecule has 5 heteroatoms. The largest absolute Gasteiger partial charge is 0.357 e. The molecule has 1 aromatic heterocycles. The molecule has 0 bridgehead atoms. The van der Waals surface area contributed by atoms with Crippen LogP contribution in [0, 0.1) is 0 Å². The standard InChI is InChI=1S/C9H16N2O2S/c1-11-4-3-8(7-11)5-9(6-10)14(2,12)13/h3-4,7,9H,5-6,10H2,1-2H3. The van der Waals surface area contributed by atoms with E-state index < -0.39 is 15.1 Å². The van der Waals surface area contributed by atoms with Gasteiger partial charge in [-0.3, -0.25) is 0 Å². The van der Waals surface area contributed by atoms with Crippen LogP contribution in [0.1, 0.15) is 5.56 Å². The van der Waals surface area contributed by atoms with Crippen molar-refractivity contribution in [3.63, 3.8) is 0 Å². The summed E-state index contributed by atoms with van der Waals surface area (Å²) in [6.45, 7) is 0.174. The maximum absolute atomic E-state index is 11.3. The number of nitrogens with zero attached hydrogens (tertiary/aromatic N) is 1. The predicted octanol–water partition coefficient (Wildman–Crippen LogP) is -0.0605. The zero-order valence-corrected chi connectivity index (χ0v) is 9.29. The van der Waals surface area contributed by atoms with Crippen molar-refractivity contribution in [1.82, 2.24) is 4.57 Å². The molecule has 1 atom stereocenters. The molecule has 1 heterocycles. The van der Waals surface area contributed by atoms with Gasteiger partial charge in [-0.2, -0.15) is 0 Å². The molecule has 0 amide bonds. The van der Waals surface area contributed by atoms with E-state index in [1.54, 1.807) is 0 Å². The number of hydrogen-bond acceptors (Lipinski definition) is 3. The Kier molecular flexibility index (Phi) is 3.34. The summed E-state index contributed by atoms with van der Waals surface area (Å²) < 4.78 is 24.5. The van der Waals surface area contributed by atoms with Crippen molar-refractivity contribution in [1.29, 1.82) is 0 Å². The number of sulfone groups is 1. The molecule has 2 N–H and O–H groups in total. The van der Waals surface area contributed by atoms with Crippen molar-refractivity contribution < 1.29 is 8.42 Å². The molecule has 4 nitrogen and oxygen atoms in total. The Labute approximate surface area is 84.6 Å². The monoisotopic (exact) mass is 216 g/mol. The topological polar surface area (TPSA) is 65.1 Å². The van der Waals surface area contributed by atoms with Crippen molar-refractivity contribution in [3.05, 3.63) is 24.0 Å². The number of rotatable bonds is 4. The molecule has 0 saturated heterocycles. The summed E-state index contributed by atoms with van der Waals surface area (Å²) in [6, 6.07) is 1.91. The fourth-order valence-electron chi connectivity index (χ4n) is 1.35. The van der Waals surface area contributed by atoms with E-state index in [9.17, 15) is 8.42 Å². The minimum absolute atomic E-state index is 0.174. The summed E-state index contributed by atoms with van der Waals surface area (Å²) in [6.07, 6.45) is 5.53. The summed E-state index contributed by atoms with van der Waals surface area (Å²) in [5, 5.41) is -0.468. The summed E-state index contributed by atoms with van der Waals surface area (Å²) in [5.74, 6) is 0. The van der Waals surface area contributed by atoms with Crippen molar-refractivity contribution in [2.75, 3.05) is 12.8 Å². The van der Waals surface area contributed by atoms with Crippen LogP contribution in [0.2, 0.25) is 0 Å². The Morgan fingerprint density at radius 1 is 1.57 bits per heavy atom. The zero-order chi connectivity index (χ0) is 10.8. The minimum Gasteiger partial charge on any atom is -0.357 e. The molecule has 0 aliphatic rings. The Hall–Kier alpha value is -0.810. The van der Waals surface area contributed by atoms with Crippen LogP contribution in [0.4, 0.5) is 0 Å². The molecule has 0 spiro atoms. The molecule has 0 saturated carbocycles. The van der Waals surface area contributed by atoms with Crippen molar-refractivity contribution in [3.8, 4) is 0 Å². The third kappa shape index (κ3) is 2.85. The second-order valence-electron chi connectivity index (χ2n) is 3.58.